The van der Waals surface area contributed by atoms with Crippen molar-refractivity contribution < 1.29 is 22.3 Å². The number of halogens is 1. The summed E-state index contributed by atoms with van der Waals surface area (Å²) in [5, 5.41) is 5.88. The molecule has 1 fully saturated rings. The summed E-state index contributed by atoms with van der Waals surface area (Å²) < 4.78 is 51.6. The zero-order valence-corrected chi connectivity index (χ0v) is 20.9. The first kappa shape index (κ1) is 25.5. The minimum Gasteiger partial charge on any atom is -0.497 e. The van der Waals surface area contributed by atoms with Gasteiger partial charge < -0.3 is 20.1 Å². The zero-order valence-electron chi connectivity index (χ0n) is 20.1. The molecule has 0 unspecified atom stereocenters. The van der Waals surface area contributed by atoms with Crippen LogP contribution in [0.15, 0.2) is 48.7 Å². The molecule has 0 atom stereocenters. The minimum absolute atomic E-state index is 0.125. The number of aromatic nitrogens is 2. The molecule has 0 aliphatic carbocycles. The first-order valence-corrected chi connectivity index (χ1v) is 13.4. The van der Waals surface area contributed by atoms with Crippen molar-refractivity contribution in [3.8, 4) is 11.5 Å². The predicted octanol–water partition coefficient (Wildman–Crippen LogP) is 3.96. The number of hydrogen-bond donors (Lipinski definition) is 3. The molecule has 0 saturated carbocycles. The van der Waals surface area contributed by atoms with Crippen molar-refractivity contribution in [2.45, 2.75) is 12.8 Å². The lowest BCUT2D eigenvalue weighted by molar-refractivity contribution is 0.237. The van der Waals surface area contributed by atoms with E-state index in [1.165, 1.54) is 12.8 Å². The molecule has 2 heterocycles. The molecule has 1 aliphatic rings. The summed E-state index contributed by atoms with van der Waals surface area (Å²) in [4.78, 5) is 10.6. The van der Waals surface area contributed by atoms with Crippen molar-refractivity contribution in [3.63, 3.8) is 0 Å². The van der Waals surface area contributed by atoms with Gasteiger partial charge in [-0.05, 0) is 38.1 Å². The average molecular weight is 517 g/mol. The third-order valence-corrected chi connectivity index (χ3v) is 6.06. The van der Waals surface area contributed by atoms with E-state index in [1.54, 1.807) is 49.6 Å². The molecule has 0 spiro atoms. The van der Waals surface area contributed by atoms with Gasteiger partial charge in [-0.25, -0.2) is 17.8 Å². The van der Waals surface area contributed by atoms with Crippen LogP contribution in [0.25, 0.3) is 0 Å². The van der Waals surface area contributed by atoms with E-state index in [4.69, 9.17) is 9.47 Å². The van der Waals surface area contributed by atoms with Crippen molar-refractivity contribution in [2.75, 3.05) is 55.0 Å². The van der Waals surface area contributed by atoms with Crippen LogP contribution in [0.2, 0.25) is 0 Å². The summed E-state index contributed by atoms with van der Waals surface area (Å²) in [5.74, 6) is 0.505. The Hall–Kier alpha value is -3.64. The second-order valence-electron chi connectivity index (χ2n) is 8.35. The van der Waals surface area contributed by atoms with Gasteiger partial charge in [0.1, 0.15) is 18.1 Å². The smallest absolute Gasteiger partial charge is 0.229 e. The Kier molecular flexibility index (Phi) is 8.06. The Morgan fingerprint density at radius 3 is 2.50 bits per heavy atom. The van der Waals surface area contributed by atoms with E-state index in [2.05, 4.69) is 30.2 Å². The number of ether oxygens (including phenoxy) is 2. The van der Waals surface area contributed by atoms with Gasteiger partial charge in [-0.1, -0.05) is 12.1 Å². The number of benzene rings is 2. The molecule has 3 aromatic rings. The van der Waals surface area contributed by atoms with E-state index >= 15 is 0 Å². The Morgan fingerprint density at radius 1 is 1.06 bits per heavy atom. The van der Waals surface area contributed by atoms with Gasteiger partial charge >= 0.3 is 0 Å². The SMILES string of the molecule is COc1cc(Nc2ncc(F)c(Nc3ccccc3NS(C)(=O)=O)n2)cc(OCCN2CCCC2)c1. The summed E-state index contributed by atoms with van der Waals surface area (Å²) in [6.07, 6.45) is 4.51. The molecule has 0 bridgehead atoms. The summed E-state index contributed by atoms with van der Waals surface area (Å²) in [6.45, 7) is 3.60. The number of hydrogen-bond acceptors (Lipinski definition) is 9. The first-order valence-electron chi connectivity index (χ1n) is 11.5. The Bertz CT molecular complexity index is 1300. The van der Waals surface area contributed by atoms with Gasteiger partial charge in [-0.2, -0.15) is 4.98 Å². The molecule has 1 aromatic heterocycles. The van der Waals surface area contributed by atoms with Gasteiger partial charge in [0.05, 0.1) is 30.9 Å². The van der Waals surface area contributed by atoms with E-state index in [0.29, 0.717) is 29.5 Å². The molecule has 0 radical (unpaired) electrons. The lowest BCUT2D eigenvalue weighted by Gasteiger charge is -2.16. The fraction of sp³-hybridized carbons (Fsp3) is 0.333. The molecule has 0 amide bonds. The number of likely N-dealkylation sites (tertiary alicyclic amines) is 1. The normalized spacial score (nSPS) is 13.9. The highest BCUT2D eigenvalue weighted by Crippen LogP contribution is 2.30. The lowest BCUT2D eigenvalue weighted by atomic mass is 10.2. The lowest BCUT2D eigenvalue weighted by Crippen LogP contribution is -2.25. The van der Waals surface area contributed by atoms with Gasteiger partial charge in [0.25, 0.3) is 0 Å². The molecule has 2 aromatic carbocycles. The second-order valence-corrected chi connectivity index (χ2v) is 10.1. The highest BCUT2D eigenvalue weighted by Gasteiger charge is 2.14. The number of rotatable bonds is 11. The van der Waals surface area contributed by atoms with Crippen LogP contribution in [-0.4, -0.2) is 62.9 Å². The fourth-order valence-electron chi connectivity index (χ4n) is 3.80. The molecule has 192 valence electrons. The monoisotopic (exact) mass is 516 g/mol. The highest BCUT2D eigenvalue weighted by molar-refractivity contribution is 7.92. The standard InChI is InChI=1S/C24H29FN6O4S/c1-34-18-13-17(14-19(15-18)35-12-11-31-9-5-6-10-31)27-24-26-16-20(25)23(29-24)28-21-7-3-4-8-22(21)30-36(2,32)33/h3-4,7-8,13-16,30H,5-6,9-12H2,1-2H3,(H2,26,27,28,29). The maximum atomic E-state index is 14.5. The molecule has 4 rings (SSSR count). The first-order chi connectivity index (χ1) is 17.3. The molecule has 1 saturated heterocycles. The molecule has 3 N–H and O–H groups in total. The number of anilines is 5. The fourth-order valence-corrected chi connectivity index (χ4v) is 4.37. The van der Waals surface area contributed by atoms with Gasteiger partial charge in [-0.3, -0.25) is 9.62 Å². The van der Waals surface area contributed by atoms with Crippen LogP contribution in [0, 0.1) is 5.82 Å². The molecular formula is C24H29FN6O4S. The van der Waals surface area contributed by atoms with Crippen LogP contribution in [0.3, 0.4) is 0 Å². The van der Waals surface area contributed by atoms with Gasteiger partial charge in [0.15, 0.2) is 11.6 Å². The summed E-state index contributed by atoms with van der Waals surface area (Å²) in [6, 6.07) is 11.8. The van der Waals surface area contributed by atoms with Crippen LogP contribution in [0.1, 0.15) is 12.8 Å². The third kappa shape index (κ3) is 7.18. The highest BCUT2D eigenvalue weighted by atomic mass is 32.2. The maximum absolute atomic E-state index is 14.5. The summed E-state index contributed by atoms with van der Waals surface area (Å²) in [5.41, 5.74) is 1.19. The van der Waals surface area contributed by atoms with E-state index in [1.807, 2.05) is 0 Å². The Labute approximate surface area is 209 Å². The number of nitrogens with one attached hydrogen (secondary N) is 3. The van der Waals surface area contributed by atoms with Crippen LogP contribution in [-0.2, 0) is 10.0 Å². The van der Waals surface area contributed by atoms with Crippen LogP contribution < -0.4 is 24.8 Å². The predicted molar refractivity (Wildman–Crippen MR) is 138 cm³/mol. The average Bonchev–Trinajstić information content (AvgIpc) is 3.35. The van der Waals surface area contributed by atoms with Gasteiger partial charge in [0, 0.05) is 30.4 Å². The number of methoxy groups -OCH3 is 1. The maximum Gasteiger partial charge on any atom is 0.229 e. The molecule has 1 aliphatic heterocycles. The van der Waals surface area contributed by atoms with E-state index in [0.717, 1.165) is 32.1 Å². The summed E-state index contributed by atoms with van der Waals surface area (Å²) >= 11 is 0. The van der Waals surface area contributed by atoms with Crippen LogP contribution >= 0.6 is 0 Å². The molecular weight excluding hydrogens is 487 g/mol. The van der Waals surface area contributed by atoms with Crippen molar-refractivity contribution in [1.82, 2.24) is 14.9 Å². The molecule has 36 heavy (non-hydrogen) atoms. The summed E-state index contributed by atoms with van der Waals surface area (Å²) in [7, 11) is -1.97. The van der Waals surface area contributed by atoms with Crippen molar-refractivity contribution >= 4 is 38.9 Å². The van der Waals surface area contributed by atoms with E-state index in [-0.39, 0.29) is 17.5 Å². The van der Waals surface area contributed by atoms with E-state index in [9.17, 15) is 12.8 Å². The minimum atomic E-state index is -3.53. The quantitative estimate of drug-likeness (QED) is 0.348. The van der Waals surface area contributed by atoms with Crippen molar-refractivity contribution in [2.24, 2.45) is 0 Å². The van der Waals surface area contributed by atoms with Crippen molar-refractivity contribution in [3.05, 3.63) is 54.5 Å². The largest absolute Gasteiger partial charge is 0.497 e. The number of para-hydroxylation sites is 2. The Balaban J connectivity index is 1.49. The molecule has 12 heteroatoms. The number of nitrogens with zero attached hydrogens (tertiary/aromatic N) is 3. The Morgan fingerprint density at radius 2 is 1.78 bits per heavy atom. The topological polar surface area (TPSA) is 118 Å². The van der Waals surface area contributed by atoms with Gasteiger partial charge in [0.2, 0.25) is 16.0 Å². The second kappa shape index (κ2) is 11.4. The zero-order chi connectivity index (χ0) is 25.5. The van der Waals surface area contributed by atoms with E-state index < -0.39 is 15.8 Å². The number of sulfonamides is 1. The van der Waals surface area contributed by atoms with Crippen LogP contribution in [0.5, 0.6) is 11.5 Å². The van der Waals surface area contributed by atoms with Crippen molar-refractivity contribution in [1.29, 1.82) is 0 Å². The van der Waals surface area contributed by atoms with Crippen LogP contribution in [0.4, 0.5) is 33.2 Å². The third-order valence-electron chi connectivity index (χ3n) is 5.47. The molecule has 10 nitrogen and oxygen atoms in total. The van der Waals surface area contributed by atoms with Gasteiger partial charge in [-0.15, -0.1) is 0 Å².